The third kappa shape index (κ3) is 3.66. The fourth-order valence-electron chi connectivity index (χ4n) is 0.842. The Hall–Kier alpha value is -0.650. The van der Waals surface area contributed by atoms with Crippen molar-refractivity contribution in [3.05, 3.63) is 0 Å². The Bertz CT molecular complexity index is 141. The predicted octanol–water partition coefficient (Wildman–Crippen LogP) is -0.149. The number of carboxylic acids is 1. The zero-order chi connectivity index (χ0) is 8.81. The molecule has 1 atom stereocenters. The van der Waals surface area contributed by atoms with Gasteiger partial charge in [0.2, 0.25) is 0 Å². The van der Waals surface area contributed by atoms with E-state index >= 15 is 0 Å². The lowest BCUT2D eigenvalue weighted by Crippen LogP contribution is -2.18. The summed E-state index contributed by atoms with van der Waals surface area (Å²) in [6.45, 7) is 1.49. The molecular formula is C7H12O5. The number of carboxylic acid groups (broad SMARTS) is 1. The molecule has 0 aromatic heterocycles. The Balaban J connectivity index is 1.91. The summed E-state index contributed by atoms with van der Waals surface area (Å²) in [6.07, 6.45) is 0.00640. The highest BCUT2D eigenvalue weighted by Crippen LogP contribution is 2.02. The summed E-state index contributed by atoms with van der Waals surface area (Å²) < 4.78 is 15.0. The van der Waals surface area contributed by atoms with E-state index in [1.165, 1.54) is 0 Å². The van der Waals surface area contributed by atoms with Gasteiger partial charge in [0, 0.05) is 0 Å². The van der Waals surface area contributed by atoms with Crippen molar-refractivity contribution in [2.75, 3.05) is 26.6 Å². The lowest BCUT2D eigenvalue weighted by molar-refractivity contribution is -0.138. The van der Waals surface area contributed by atoms with E-state index in [4.69, 9.17) is 19.3 Å². The number of hydrogen-bond acceptors (Lipinski definition) is 4. The van der Waals surface area contributed by atoms with Crippen molar-refractivity contribution in [3.8, 4) is 0 Å². The number of ether oxygens (including phenoxy) is 3. The second-order valence-corrected chi connectivity index (χ2v) is 2.50. The Morgan fingerprint density at radius 2 is 2.50 bits per heavy atom. The zero-order valence-corrected chi connectivity index (χ0v) is 6.69. The molecule has 12 heavy (non-hydrogen) atoms. The lowest BCUT2D eigenvalue weighted by Gasteiger charge is -2.06. The van der Waals surface area contributed by atoms with Crippen molar-refractivity contribution >= 4 is 5.97 Å². The van der Waals surface area contributed by atoms with Crippen LogP contribution >= 0.6 is 0 Å². The summed E-state index contributed by atoms with van der Waals surface area (Å²) in [5.74, 6) is -0.849. The summed E-state index contributed by atoms with van der Waals surface area (Å²) in [5.41, 5.74) is 0. The van der Waals surface area contributed by atoms with Crippen LogP contribution in [0.25, 0.3) is 0 Å². The van der Waals surface area contributed by atoms with Crippen molar-refractivity contribution in [2.24, 2.45) is 0 Å². The summed E-state index contributed by atoms with van der Waals surface area (Å²) in [7, 11) is 0. The third-order valence-corrected chi connectivity index (χ3v) is 1.45. The number of carbonyl (C=O) groups is 1. The Kier molecular flexibility index (Phi) is 3.99. The molecule has 1 aliphatic heterocycles. The second kappa shape index (κ2) is 5.08. The van der Waals surface area contributed by atoms with Crippen LogP contribution in [0.2, 0.25) is 0 Å². The van der Waals surface area contributed by atoms with Gasteiger partial charge < -0.3 is 19.3 Å². The first-order valence-electron chi connectivity index (χ1n) is 3.78. The van der Waals surface area contributed by atoms with Crippen LogP contribution in [0.4, 0.5) is 0 Å². The minimum atomic E-state index is -0.849. The van der Waals surface area contributed by atoms with E-state index in [1.54, 1.807) is 0 Å². The Morgan fingerprint density at radius 3 is 3.08 bits per heavy atom. The molecule has 1 rings (SSSR count). The zero-order valence-electron chi connectivity index (χ0n) is 6.69. The van der Waals surface area contributed by atoms with Crippen LogP contribution in [0.3, 0.4) is 0 Å². The highest BCUT2D eigenvalue weighted by Gasteiger charge is 2.15. The summed E-state index contributed by atoms with van der Waals surface area (Å²) in [4.78, 5) is 10.1. The molecule has 1 aliphatic rings. The summed E-state index contributed by atoms with van der Waals surface area (Å²) in [5, 5.41) is 8.27. The minimum absolute atomic E-state index is 0.0289. The van der Waals surface area contributed by atoms with Crippen molar-refractivity contribution in [1.82, 2.24) is 0 Å². The van der Waals surface area contributed by atoms with E-state index < -0.39 is 5.97 Å². The molecule has 0 aromatic rings. The van der Waals surface area contributed by atoms with Crippen LogP contribution < -0.4 is 0 Å². The van der Waals surface area contributed by atoms with E-state index in [9.17, 15) is 4.79 Å². The predicted molar refractivity (Wildman–Crippen MR) is 38.8 cm³/mol. The molecule has 0 bridgehead atoms. The number of rotatable bonds is 5. The fourth-order valence-corrected chi connectivity index (χ4v) is 0.842. The van der Waals surface area contributed by atoms with E-state index in [0.717, 1.165) is 0 Å². The first-order valence-corrected chi connectivity index (χ1v) is 3.78. The van der Waals surface area contributed by atoms with E-state index in [0.29, 0.717) is 20.0 Å². The van der Waals surface area contributed by atoms with Gasteiger partial charge in [-0.3, -0.25) is 4.79 Å². The Labute approximate surface area is 70.2 Å². The molecule has 0 aromatic carbocycles. The first-order chi connectivity index (χ1) is 5.79. The molecule has 1 heterocycles. The van der Waals surface area contributed by atoms with Gasteiger partial charge in [0.25, 0.3) is 0 Å². The standard InChI is InChI=1S/C7H12O5/c8-7(9)1-2-10-3-6-4-11-5-12-6/h6H,1-5H2,(H,8,9). The van der Waals surface area contributed by atoms with Crippen molar-refractivity contribution in [1.29, 1.82) is 0 Å². The van der Waals surface area contributed by atoms with Gasteiger partial charge in [-0.15, -0.1) is 0 Å². The van der Waals surface area contributed by atoms with E-state index in [1.807, 2.05) is 0 Å². The Morgan fingerprint density at radius 1 is 1.67 bits per heavy atom. The minimum Gasteiger partial charge on any atom is -0.481 e. The van der Waals surface area contributed by atoms with Crippen molar-refractivity contribution in [2.45, 2.75) is 12.5 Å². The smallest absolute Gasteiger partial charge is 0.305 e. The molecule has 0 saturated carbocycles. The molecule has 0 radical (unpaired) electrons. The van der Waals surface area contributed by atoms with Gasteiger partial charge in [0.15, 0.2) is 0 Å². The maximum atomic E-state index is 10.1. The third-order valence-electron chi connectivity index (χ3n) is 1.45. The SMILES string of the molecule is O=C(O)CCOCC1COCO1. The van der Waals surface area contributed by atoms with Crippen molar-refractivity contribution < 1.29 is 24.1 Å². The average Bonchev–Trinajstić information content (AvgIpc) is 2.49. The van der Waals surface area contributed by atoms with Gasteiger partial charge >= 0.3 is 5.97 Å². The normalized spacial score (nSPS) is 22.8. The topological polar surface area (TPSA) is 65.0 Å². The molecule has 70 valence electrons. The van der Waals surface area contributed by atoms with Gasteiger partial charge in [0.05, 0.1) is 26.2 Å². The van der Waals surface area contributed by atoms with Crippen LogP contribution in [0.15, 0.2) is 0 Å². The second-order valence-electron chi connectivity index (χ2n) is 2.50. The number of aliphatic carboxylic acids is 1. The highest BCUT2D eigenvalue weighted by atomic mass is 16.7. The van der Waals surface area contributed by atoms with Crippen LogP contribution in [-0.2, 0) is 19.0 Å². The molecule has 1 unspecified atom stereocenters. The lowest BCUT2D eigenvalue weighted by atomic mass is 10.4. The van der Waals surface area contributed by atoms with Crippen LogP contribution in [0.1, 0.15) is 6.42 Å². The molecule has 5 nitrogen and oxygen atoms in total. The van der Waals surface area contributed by atoms with Gasteiger partial charge in [-0.2, -0.15) is 0 Å². The fraction of sp³-hybridized carbons (Fsp3) is 0.857. The average molecular weight is 176 g/mol. The van der Waals surface area contributed by atoms with Crippen LogP contribution in [-0.4, -0.2) is 43.8 Å². The molecule has 0 aliphatic carbocycles. The van der Waals surface area contributed by atoms with E-state index in [2.05, 4.69) is 0 Å². The molecule has 1 saturated heterocycles. The molecule has 1 N–H and O–H groups in total. The maximum absolute atomic E-state index is 10.1. The van der Waals surface area contributed by atoms with Crippen LogP contribution in [0.5, 0.6) is 0 Å². The van der Waals surface area contributed by atoms with Crippen LogP contribution in [0, 0.1) is 0 Å². The highest BCUT2D eigenvalue weighted by molar-refractivity contribution is 5.66. The summed E-state index contributed by atoms with van der Waals surface area (Å²) >= 11 is 0. The first kappa shape index (κ1) is 9.44. The molecule has 0 spiro atoms. The number of hydrogen-bond donors (Lipinski definition) is 1. The van der Waals surface area contributed by atoms with Gasteiger partial charge in [-0.1, -0.05) is 0 Å². The van der Waals surface area contributed by atoms with E-state index in [-0.39, 0.29) is 19.1 Å². The quantitative estimate of drug-likeness (QED) is 0.590. The monoisotopic (exact) mass is 176 g/mol. The molecule has 5 heteroatoms. The largest absolute Gasteiger partial charge is 0.481 e. The van der Waals surface area contributed by atoms with Gasteiger partial charge in [-0.05, 0) is 0 Å². The maximum Gasteiger partial charge on any atom is 0.305 e. The van der Waals surface area contributed by atoms with Gasteiger partial charge in [0.1, 0.15) is 12.9 Å². The summed E-state index contributed by atoms with van der Waals surface area (Å²) in [6, 6.07) is 0. The molecule has 0 amide bonds. The molecule has 1 fully saturated rings. The van der Waals surface area contributed by atoms with Gasteiger partial charge in [-0.25, -0.2) is 0 Å². The van der Waals surface area contributed by atoms with Crippen molar-refractivity contribution in [3.63, 3.8) is 0 Å². The molecular weight excluding hydrogens is 164 g/mol.